The molecular formula is C16H30N2O2. The molecule has 0 unspecified atom stereocenters. The van der Waals surface area contributed by atoms with Gasteiger partial charge in [-0.3, -0.25) is 9.69 Å². The third-order valence-electron chi connectivity index (χ3n) is 5.10. The molecule has 4 nitrogen and oxygen atoms in total. The summed E-state index contributed by atoms with van der Waals surface area (Å²) < 4.78 is 5.23. The molecule has 1 saturated heterocycles. The van der Waals surface area contributed by atoms with Gasteiger partial charge >= 0.3 is 0 Å². The smallest absolute Gasteiger partial charge is 0.249 e. The minimum atomic E-state index is -0.297. The van der Waals surface area contributed by atoms with Crippen LogP contribution < -0.4 is 5.32 Å². The second-order valence-corrected chi connectivity index (χ2v) is 6.33. The topological polar surface area (TPSA) is 41.6 Å². The van der Waals surface area contributed by atoms with E-state index in [1.165, 1.54) is 58.0 Å². The van der Waals surface area contributed by atoms with E-state index in [0.29, 0.717) is 0 Å². The molecule has 20 heavy (non-hydrogen) atoms. The molecule has 0 aromatic carbocycles. The molecule has 1 amide bonds. The van der Waals surface area contributed by atoms with Gasteiger partial charge in [0.2, 0.25) is 5.91 Å². The summed E-state index contributed by atoms with van der Waals surface area (Å²) in [7, 11) is 1.62. The Kier molecular flexibility index (Phi) is 5.85. The van der Waals surface area contributed by atoms with Crippen molar-refractivity contribution in [2.24, 2.45) is 0 Å². The van der Waals surface area contributed by atoms with Gasteiger partial charge in [0.1, 0.15) is 6.10 Å². The van der Waals surface area contributed by atoms with Gasteiger partial charge in [0, 0.05) is 19.2 Å². The number of hydrogen-bond acceptors (Lipinski definition) is 3. The molecule has 2 fully saturated rings. The van der Waals surface area contributed by atoms with Crippen LogP contribution >= 0.6 is 0 Å². The van der Waals surface area contributed by atoms with Crippen molar-refractivity contribution in [3.63, 3.8) is 0 Å². The van der Waals surface area contributed by atoms with Crippen LogP contribution in [-0.2, 0) is 9.53 Å². The summed E-state index contributed by atoms with van der Waals surface area (Å²) in [6.45, 7) is 5.20. The van der Waals surface area contributed by atoms with Gasteiger partial charge in [-0.15, -0.1) is 0 Å². The third-order valence-corrected chi connectivity index (χ3v) is 5.10. The van der Waals surface area contributed by atoms with Crippen molar-refractivity contribution in [2.45, 2.75) is 69.9 Å². The summed E-state index contributed by atoms with van der Waals surface area (Å²) in [5.74, 6) is 0.0548. The highest BCUT2D eigenvalue weighted by molar-refractivity contribution is 5.80. The number of rotatable bonds is 6. The van der Waals surface area contributed by atoms with Crippen molar-refractivity contribution in [3.8, 4) is 0 Å². The maximum absolute atomic E-state index is 12.2. The molecule has 0 aromatic rings. The summed E-state index contributed by atoms with van der Waals surface area (Å²) in [4.78, 5) is 14.8. The van der Waals surface area contributed by atoms with Crippen LogP contribution in [0, 0.1) is 0 Å². The molecule has 2 rings (SSSR count). The third kappa shape index (κ3) is 3.53. The van der Waals surface area contributed by atoms with Crippen LogP contribution in [0.3, 0.4) is 0 Å². The monoisotopic (exact) mass is 282 g/mol. The molecule has 1 atom stereocenters. The van der Waals surface area contributed by atoms with Crippen molar-refractivity contribution < 1.29 is 9.53 Å². The van der Waals surface area contributed by atoms with E-state index in [1.54, 1.807) is 7.11 Å². The van der Waals surface area contributed by atoms with Crippen LogP contribution in [0.25, 0.3) is 0 Å². The van der Waals surface area contributed by atoms with Gasteiger partial charge in [-0.1, -0.05) is 26.2 Å². The van der Waals surface area contributed by atoms with Gasteiger partial charge in [-0.05, 0) is 45.2 Å². The normalized spacial score (nSPS) is 24.5. The van der Waals surface area contributed by atoms with Crippen LogP contribution in [0.4, 0.5) is 0 Å². The molecule has 1 aliphatic heterocycles. The molecule has 1 saturated carbocycles. The van der Waals surface area contributed by atoms with Gasteiger partial charge in [0.25, 0.3) is 0 Å². The summed E-state index contributed by atoms with van der Waals surface area (Å²) in [5, 5.41) is 3.17. The lowest BCUT2D eigenvalue weighted by Crippen LogP contribution is -2.56. The highest BCUT2D eigenvalue weighted by Crippen LogP contribution is 2.35. The molecule has 0 spiro atoms. The number of nitrogens with one attached hydrogen (secondary N) is 1. The first-order valence-corrected chi connectivity index (χ1v) is 8.27. The van der Waals surface area contributed by atoms with Crippen LogP contribution in [-0.4, -0.2) is 49.2 Å². The summed E-state index contributed by atoms with van der Waals surface area (Å²) >= 11 is 0. The number of ether oxygens (including phenoxy) is 1. The Morgan fingerprint density at radius 2 is 1.85 bits per heavy atom. The molecule has 0 radical (unpaired) electrons. The van der Waals surface area contributed by atoms with E-state index in [-0.39, 0.29) is 17.6 Å². The van der Waals surface area contributed by atoms with Crippen LogP contribution in [0.1, 0.15) is 58.3 Å². The van der Waals surface area contributed by atoms with E-state index < -0.39 is 0 Å². The van der Waals surface area contributed by atoms with E-state index in [1.807, 2.05) is 6.92 Å². The Balaban J connectivity index is 1.95. The van der Waals surface area contributed by atoms with Crippen molar-refractivity contribution in [3.05, 3.63) is 0 Å². The molecule has 4 heteroatoms. The lowest BCUT2D eigenvalue weighted by atomic mass is 9.80. The number of nitrogens with zero attached hydrogens (tertiary/aromatic N) is 1. The Morgan fingerprint density at radius 1 is 1.20 bits per heavy atom. The maximum atomic E-state index is 12.2. The minimum absolute atomic E-state index is 0.0548. The first-order chi connectivity index (χ1) is 9.72. The highest BCUT2D eigenvalue weighted by Gasteiger charge is 2.39. The van der Waals surface area contributed by atoms with E-state index in [2.05, 4.69) is 10.2 Å². The quantitative estimate of drug-likeness (QED) is 0.813. The lowest BCUT2D eigenvalue weighted by molar-refractivity contribution is -0.132. The number of likely N-dealkylation sites (tertiary alicyclic amines) is 1. The van der Waals surface area contributed by atoms with Crippen molar-refractivity contribution >= 4 is 5.91 Å². The number of hydrogen-bond donors (Lipinski definition) is 1. The SMILES string of the molecule is CC[C@H](OC)C(=O)NCC1(N2CCCC2)CCCCC1. The summed E-state index contributed by atoms with van der Waals surface area (Å²) in [5.41, 5.74) is 0.219. The predicted octanol–water partition coefficient (Wildman–Crippen LogP) is 2.33. The molecule has 1 N–H and O–H groups in total. The number of methoxy groups -OCH3 is 1. The Morgan fingerprint density at radius 3 is 2.40 bits per heavy atom. The van der Waals surface area contributed by atoms with E-state index >= 15 is 0 Å². The van der Waals surface area contributed by atoms with Crippen LogP contribution in [0.15, 0.2) is 0 Å². The van der Waals surface area contributed by atoms with Crippen molar-refractivity contribution in [2.75, 3.05) is 26.7 Å². The number of carbonyl (C=O) groups is 1. The fourth-order valence-electron chi connectivity index (χ4n) is 3.83. The zero-order chi connectivity index (χ0) is 14.4. The molecule has 0 bridgehead atoms. The van der Waals surface area contributed by atoms with Crippen LogP contribution in [0.2, 0.25) is 0 Å². The number of amides is 1. The molecule has 2 aliphatic rings. The van der Waals surface area contributed by atoms with Crippen molar-refractivity contribution in [1.82, 2.24) is 10.2 Å². The van der Waals surface area contributed by atoms with Gasteiger partial charge in [-0.2, -0.15) is 0 Å². The molecule has 1 aliphatic carbocycles. The number of carbonyl (C=O) groups excluding carboxylic acids is 1. The largest absolute Gasteiger partial charge is 0.372 e. The average molecular weight is 282 g/mol. The molecule has 0 aromatic heterocycles. The molecular weight excluding hydrogens is 252 g/mol. The predicted molar refractivity (Wildman–Crippen MR) is 80.7 cm³/mol. The Hall–Kier alpha value is -0.610. The molecule has 116 valence electrons. The first kappa shape index (κ1) is 15.8. The summed E-state index contributed by atoms with van der Waals surface area (Å²) in [6.07, 6.45) is 9.47. The fourth-order valence-corrected chi connectivity index (χ4v) is 3.83. The van der Waals surface area contributed by atoms with Gasteiger partial charge < -0.3 is 10.1 Å². The lowest BCUT2D eigenvalue weighted by Gasteiger charge is -2.45. The van der Waals surface area contributed by atoms with E-state index in [4.69, 9.17) is 4.74 Å². The first-order valence-electron chi connectivity index (χ1n) is 8.27. The van der Waals surface area contributed by atoms with Gasteiger partial charge in [0.15, 0.2) is 0 Å². The van der Waals surface area contributed by atoms with E-state index in [0.717, 1.165) is 13.0 Å². The highest BCUT2D eigenvalue weighted by atomic mass is 16.5. The Bertz CT molecular complexity index is 304. The van der Waals surface area contributed by atoms with Gasteiger partial charge in [-0.25, -0.2) is 0 Å². The van der Waals surface area contributed by atoms with Crippen molar-refractivity contribution in [1.29, 1.82) is 0 Å². The standard InChI is InChI=1S/C16H30N2O2/c1-3-14(20-2)15(19)17-13-16(9-5-4-6-10-16)18-11-7-8-12-18/h14H,3-13H2,1-2H3,(H,17,19)/t14-/m0/s1. The zero-order valence-electron chi connectivity index (χ0n) is 13.1. The second-order valence-electron chi connectivity index (χ2n) is 6.33. The zero-order valence-corrected chi connectivity index (χ0v) is 13.1. The Labute approximate surface area is 123 Å². The minimum Gasteiger partial charge on any atom is -0.372 e. The van der Waals surface area contributed by atoms with Crippen LogP contribution in [0.5, 0.6) is 0 Å². The summed E-state index contributed by atoms with van der Waals surface area (Å²) in [6, 6.07) is 0. The second kappa shape index (κ2) is 7.41. The maximum Gasteiger partial charge on any atom is 0.249 e. The van der Waals surface area contributed by atoms with Gasteiger partial charge in [0.05, 0.1) is 0 Å². The molecule has 1 heterocycles. The average Bonchev–Trinajstić information content (AvgIpc) is 3.02. The van der Waals surface area contributed by atoms with E-state index in [9.17, 15) is 4.79 Å². The fraction of sp³-hybridized carbons (Fsp3) is 0.938.